The van der Waals surface area contributed by atoms with Crippen LogP contribution in [-0.2, 0) is 15.8 Å². The van der Waals surface area contributed by atoms with Crippen molar-refractivity contribution in [1.82, 2.24) is 30.0 Å². The third-order valence-corrected chi connectivity index (χ3v) is 16.2. The summed E-state index contributed by atoms with van der Waals surface area (Å²) in [6.45, 7) is 9.34. The van der Waals surface area contributed by atoms with E-state index in [2.05, 4.69) is 25.5 Å². The van der Waals surface area contributed by atoms with Gasteiger partial charge < -0.3 is 30.5 Å². The SMILES string of the molecule is COc1cc2nc(C)nc(N[C@H](C)c3cc(N)cc(C(F)(F)F)c3)c2cc1C1CCN(C(=O)C2CCN(CC3CCC4(CC3)CCN(C(=O)c3ccc(Cl)c(N5CCC(=O)NC5=O)c3)CC4)CC2)CC1. The Hall–Kier alpha value is -5.68. The maximum atomic E-state index is 13.9. The number of ether oxygens (including phenoxy) is 1. The quantitative estimate of drug-likeness (QED) is 0.130. The zero-order chi connectivity index (χ0) is 49.5. The van der Waals surface area contributed by atoms with E-state index in [1.54, 1.807) is 39.2 Å². The van der Waals surface area contributed by atoms with E-state index in [4.69, 9.17) is 22.1 Å². The fraction of sp³-hybridized carbons (Fsp3) is 0.538. The Balaban J connectivity index is 0.735. The second kappa shape index (κ2) is 20.2. The number of rotatable bonds is 10. The van der Waals surface area contributed by atoms with E-state index in [0.29, 0.717) is 76.8 Å². The molecule has 374 valence electrons. The molecule has 4 saturated heterocycles. The number of benzene rings is 3. The molecule has 1 aliphatic carbocycles. The van der Waals surface area contributed by atoms with Gasteiger partial charge in [-0.1, -0.05) is 11.6 Å². The fourth-order valence-electron chi connectivity index (χ4n) is 11.7. The molecule has 70 heavy (non-hydrogen) atoms. The third kappa shape index (κ3) is 10.7. The molecule has 14 nitrogen and oxygen atoms in total. The number of nitrogens with zero attached hydrogens (tertiary/aromatic N) is 6. The minimum Gasteiger partial charge on any atom is -0.496 e. The molecule has 0 unspecified atom stereocenters. The number of hydrogen-bond acceptors (Lipinski definition) is 10. The van der Waals surface area contributed by atoms with Crippen LogP contribution in [0, 0.1) is 24.2 Å². The number of fused-ring (bicyclic) bond motifs is 1. The number of nitrogens with one attached hydrogen (secondary N) is 2. The normalized spacial score (nSPS) is 20.5. The van der Waals surface area contributed by atoms with Gasteiger partial charge in [0.2, 0.25) is 11.8 Å². The molecule has 0 bridgehead atoms. The molecule has 5 heterocycles. The van der Waals surface area contributed by atoms with Crippen LogP contribution in [0.3, 0.4) is 0 Å². The summed E-state index contributed by atoms with van der Waals surface area (Å²) in [5.74, 6) is 2.33. The summed E-state index contributed by atoms with van der Waals surface area (Å²) in [7, 11) is 1.64. The minimum atomic E-state index is -4.53. The number of imide groups is 1. The highest BCUT2D eigenvalue weighted by molar-refractivity contribution is 6.34. The lowest BCUT2D eigenvalue weighted by atomic mass is 9.65. The highest BCUT2D eigenvalue weighted by Gasteiger charge is 2.41. The number of amides is 5. The fourth-order valence-corrected chi connectivity index (χ4v) is 11.9. The van der Waals surface area contributed by atoms with Crippen LogP contribution in [0.1, 0.15) is 122 Å². The maximum absolute atomic E-state index is 13.9. The number of alkyl halides is 3. The summed E-state index contributed by atoms with van der Waals surface area (Å²) < 4.78 is 46.8. The predicted octanol–water partition coefficient (Wildman–Crippen LogP) is 9.35. The van der Waals surface area contributed by atoms with Gasteiger partial charge in [-0.25, -0.2) is 14.8 Å². The zero-order valence-electron chi connectivity index (χ0n) is 40.2. The first-order chi connectivity index (χ1) is 33.5. The molecule has 4 aliphatic heterocycles. The van der Waals surface area contributed by atoms with Gasteiger partial charge in [-0.3, -0.25) is 24.6 Å². The second-order valence-corrected chi connectivity index (χ2v) is 20.7. The summed E-state index contributed by atoms with van der Waals surface area (Å²) in [4.78, 5) is 69.1. The number of carbonyl (C=O) groups is 4. The van der Waals surface area contributed by atoms with Crippen LogP contribution >= 0.6 is 11.6 Å². The number of urea groups is 1. The summed E-state index contributed by atoms with van der Waals surface area (Å²) in [6, 6.07) is 11.4. The van der Waals surface area contributed by atoms with E-state index in [0.717, 1.165) is 94.1 Å². The van der Waals surface area contributed by atoms with Crippen molar-refractivity contribution in [3.8, 4) is 5.75 Å². The lowest BCUT2D eigenvalue weighted by molar-refractivity contribution is -0.138. The van der Waals surface area contributed by atoms with Crippen LogP contribution in [0.4, 0.5) is 35.2 Å². The van der Waals surface area contributed by atoms with E-state index in [1.807, 2.05) is 21.9 Å². The summed E-state index contributed by atoms with van der Waals surface area (Å²) in [5.41, 5.74) is 8.32. The first-order valence-corrected chi connectivity index (χ1v) is 25.2. The average molecular weight is 987 g/mol. The number of likely N-dealkylation sites (tertiary alicyclic amines) is 3. The predicted molar refractivity (Wildman–Crippen MR) is 263 cm³/mol. The zero-order valence-corrected chi connectivity index (χ0v) is 40.9. The van der Waals surface area contributed by atoms with Crippen molar-refractivity contribution in [1.29, 1.82) is 0 Å². The van der Waals surface area contributed by atoms with Crippen LogP contribution < -0.4 is 26.0 Å². The van der Waals surface area contributed by atoms with Crippen molar-refractivity contribution in [2.45, 2.75) is 103 Å². The lowest BCUT2D eigenvalue weighted by Crippen LogP contribution is -2.49. The first kappa shape index (κ1) is 49.3. The van der Waals surface area contributed by atoms with E-state index in [9.17, 15) is 32.3 Å². The van der Waals surface area contributed by atoms with Crippen molar-refractivity contribution in [2.75, 3.05) is 75.4 Å². The van der Waals surface area contributed by atoms with E-state index in [-0.39, 0.29) is 53.6 Å². The largest absolute Gasteiger partial charge is 0.496 e. The van der Waals surface area contributed by atoms with Crippen LogP contribution in [0.5, 0.6) is 5.75 Å². The molecule has 1 spiro atoms. The number of carbonyl (C=O) groups excluding carboxylic acids is 4. The Morgan fingerprint density at radius 3 is 2.29 bits per heavy atom. The first-order valence-electron chi connectivity index (χ1n) is 24.8. The molecule has 9 rings (SSSR count). The van der Waals surface area contributed by atoms with Gasteiger partial charge >= 0.3 is 12.2 Å². The number of halogens is 4. The van der Waals surface area contributed by atoms with Gasteiger partial charge in [0, 0.05) is 74.3 Å². The number of piperidine rings is 3. The van der Waals surface area contributed by atoms with Gasteiger partial charge in [-0.05, 0) is 162 Å². The molecule has 1 aromatic heterocycles. The number of nitrogens with two attached hydrogens (primary N) is 1. The number of anilines is 3. The third-order valence-electron chi connectivity index (χ3n) is 15.8. The van der Waals surface area contributed by atoms with Crippen LogP contribution in [0.25, 0.3) is 10.9 Å². The summed E-state index contributed by atoms with van der Waals surface area (Å²) in [5, 5.41) is 6.74. The van der Waals surface area contributed by atoms with Crippen molar-refractivity contribution in [3.63, 3.8) is 0 Å². The molecule has 3 aromatic carbocycles. The maximum Gasteiger partial charge on any atom is 0.416 e. The molecule has 4 aromatic rings. The number of aromatic nitrogens is 2. The molecule has 1 atom stereocenters. The standard InChI is InChI=1S/C52H63ClF3N9O5/c1-31(37-24-38(52(54,55)56)27-39(57)25-37)58-47-41-28-40(45(70-3)29-43(41)59-32(2)60-47)34-10-19-63(20-11-34)48(67)35-8-17-62(18-9-35)30-33-6-13-51(14-7-33)15-22-64(23-16-51)49(68)36-4-5-42(53)44(26-36)65-21-12-46(66)61-50(65)69/h4-5,24-29,31,33-35H,6-23,30,57H2,1-3H3,(H,58,59,60)(H,61,66,69)/t31-/m1/s1. The highest BCUT2D eigenvalue weighted by atomic mass is 35.5. The highest BCUT2D eigenvalue weighted by Crippen LogP contribution is 2.47. The smallest absolute Gasteiger partial charge is 0.416 e. The molecule has 5 fully saturated rings. The van der Waals surface area contributed by atoms with Gasteiger partial charge in [0.1, 0.15) is 17.4 Å². The summed E-state index contributed by atoms with van der Waals surface area (Å²) in [6.07, 6.45) is 5.51. The molecule has 18 heteroatoms. The number of nitrogen functional groups attached to an aromatic ring is 1. The topological polar surface area (TPSA) is 166 Å². The van der Waals surface area contributed by atoms with Gasteiger partial charge in [-0.15, -0.1) is 0 Å². The number of methoxy groups -OCH3 is 1. The van der Waals surface area contributed by atoms with Crippen LogP contribution in [0.2, 0.25) is 5.02 Å². The van der Waals surface area contributed by atoms with E-state index in [1.165, 1.54) is 23.8 Å². The Morgan fingerprint density at radius 1 is 0.900 bits per heavy atom. The average Bonchev–Trinajstić information content (AvgIpc) is 3.34. The van der Waals surface area contributed by atoms with Crippen molar-refractivity contribution < 1.29 is 37.1 Å². The molecule has 5 aliphatic rings. The van der Waals surface area contributed by atoms with E-state index >= 15 is 0 Å². The minimum absolute atomic E-state index is 0.0168. The molecular formula is C52H63ClF3N9O5. The van der Waals surface area contributed by atoms with Gasteiger partial charge in [0.05, 0.1) is 34.9 Å². The van der Waals surface area contributed by atoms with Crippen molar-refractivity contribution >= 4 is 63.4 Å². The van der Waals surface area contributed by atoms with E-state index < -0.39 is 23.8 Å². The monoisotopic (exact) mass is 985 g/mol. The number of hydrogen-bond donors (Lipinski definition) is 3. The second-order valence-electron chi connectivity index (χ2n) is 20.3. The summed E-state index contributed by atoms with van der Waals surface area (Å²) >= 11 is 6.44. The Kier molecular flexibility index (Phi) is 14.2. The molecule has 5 amide bonds. The number of aryl methyl sites for hydroxylation is 1. The van der Waals surface area contributed by atoms with Crippen LogP contribution in [-0.4, -0.2) is 108 Å². The van der Waals surface area contributed by atoms with Crippen molar-refractivity contribution in [2.24, 2.45) is 17.3 Å². The van der Waals surface area contributed by atoms with Crippen molar-refractivity contribution in [3.05, 3.63) is 81.6 Å². The lowest BCUT2D eigenvalue weighted by Gasteiger charge is -2.47. The van der Waals surface area contributed by atoms with Gasteiger partial charge in [0.15, 0.2) is 0 Å². The molecule has 1 saturated carbocycles. The van der Waals surface area contributed by atoms with Gasteiger partial charge in [-0.2, -0.15) is 13.2 Å². The Morgan fingerprint density at radius 2 is 1.61 bits per heavy atom. The molecular weight excluding hydrogens is 923 g/mol. The molecule has 4 N–H and O–H groups in total. The van der Waals surface area contributed by atoms with Gasteiger partial charge in [0.25, 0.3) is 5.91 Å². The Bertz CT molecular complexity index is 2630. The van der Waals surface area contributed by atoms with Crippen LogP contribution in [0.15, 0.2) is 48.5 Å². The Labute approximate surface area is 411 Å². The molecule has 0 radical (unpaired) electrons.